The first-order valence-electron chi connectivity index (χ1n) is 3.36. The highest BCUT2D eigenvalue weighted by atomic mass is 16.8. The van der Waals surface area contributed by atoms with Crippen LogP contribution < -0.4 is 11.0 Å². The van der Waals surface area contributed by atoms with Gasteiger partial charge >= 0.3 is 5.97 Å². The monoisotopic (exact) mass is 183 g/mol. The van der Waals surface area contributed by atoms with Gasteiger partial charge in [-0.3, -0.25) is 0 Å². The molecule has 6 nitrogen and oxygen atoms in total. The van der Waals surface area contributed by atoms with E-state index in [0.29, 0.717) is 0 Å². The van der Waals surface area contributed by atoms with E-state index in [1.165, 1.54) is 6.07 Å². The molecule has 0 unspecified atom stereocenters. The van der Waals surface area contributed by atoms with Gasteiger partial charge < -0.3 is 26.5 Å². The highest BCUT2D eigenvalue weighted by molar-refractivity contribution is 5.89. The fraction of sp³-hybridized carbons (Fsp3) is 0. The molecule has 13 heavy (non-hydrogen) atoms. The molecule has 0 saturated carbocycles. The van der Waals surface area contributed by atoms with Crippen molar-refractivity contribution in [2.24, 2.45) is 0 Å². The number of nitrogens with two attached hydrogens (primary N) is 1. The summed E-state index contributed by atoms with van der Waals surface area (Å²) >= 11 is 0. The standard InChI is InChI=1S/C7H7N2O4/c8-5-1-4(7(10)11)2-6(3-5)9(12)13/h1-3,9H,8H2,(H,10,11)/q-1. The number of hydrogen-bond donors (Lipinski definition) is 3. The lowest BCUT2D eigenvalue weighted by molar-refractivity contribution is -0.715. The van der Waals surface area contributed by atoms with Crippen LogP contribution in [-0.4, -0.2) is 11.1 Å². The van der Waals surface area contributed by atoms with Gasteiger partial charge in [0.1, 0.15) is 5.69 Å². The van der Waals surface area contributed by atoms with Crippen molar-refractivity contribution in [3.05, 3.63) is 34.2 Å². The number of nitrogens with one attached hydrogen (secondary N) is 1. The summed E-state index contributed by atoms with van der Waals surface area (Å²) in [4.78, 5) is 10.5. The molecule has 0 aliphatic carbocycles. The maximum Gasteiger partial charge on any atom is 0.335 e. The molecule has 1 aromatic carbocycles. The van der Waals surface area contributed by atoms with E-state index < -0.39 is 11.2 Å². The van der Waals surface area contributed by atoms with E-state index in [1.54, 1.807) is 0 Å². The van der Waals surface area contributed by atoms with Crippen molar-refractivity contribution in [2.45, 2.75) is 0 Å². The number of rotatable bonds is 2. The first kappa shape index (κ1) is 9.46. The lowest BCUT2D eigenvalue weighted by Gasteiger charge is -2.24. The zero-order valence-corrected chi connectivity index (χ0v) is 6.48. The Balaban J connectivity index is 3.19. The first-order chi connectivity index (χ1) is 6.00. The molecule has 0 aromatic heterocycles. The van der Waals surface area contributed by atoms with Crippen molar-refractivity contribution < 1.29 is 15.1 Å². The molecule has 0 heterocycles. The van der Waals surface area contributed by atoms with Crippen LogP contribution in [0.25, 0.3) is 0 Å². The summed E-state index contributed by atoms with van der Waals surface area (Å²) in [7, 11) is 0. The summed E-state index contributed by atoms with van der Waals surface area (Å²) < 4.78 is 0. The molecule has 0 fully saturated rings. The van der Waals surface area contributed by atoms with E-state index in [0.717, 1.165) is 12.1 Å². The Labute approximate surface area is 73.3 Å². The van der Waals surface area contributed by atoms with Crippen molar-refractivity contribution in [1.82, 2.24) is 0 Å². The smallest absolute Gasteiger partial charge is 0.335 e. The van der Waals surface area contributed by atoms with E-state index in [9.17, 15) is 15.2 Å². The molecule has 1 aromatic rings. The third-order valence-electron chi connectivity index (χ3n) is 1.44. The van der Waals surface area contributed by atoms with Crippen LogP contribution in [0.2, 0.25) is 0 Å². The van der Waals surface area contributed by atoms with Gasteiger partial charge in [-0.15, -0.1) is 0 Å². The van der Waals surface area contributed by atoms with Crippen LogP contribution in [0.3, 0.4) is 0 Å². The zero-order valence-electron chi connectivity index (χ0n) is 6.48. The SMILES string of the molecule is Nc1cc(C(=O)O)cc([NH+]([O-])[O-])c1. The predicted octanol–water partition coefficient (Wildman–Crippen LogP) is -0.521. The number of nitrogen functional groups attached to an aromatic ring is 1. The number of carboxylic acids is 1. The van der Waals surface area contributed by atoms with E-state index in [-0.39, 0.29) is 16.9 Å². The van der Waals surface area contributed by atoms with Crippen LogP contribution in [0.4, 0.5) is 11.4 Å². The molecule has 4 N–H and O–H groups in total. The number of quaternary nitrogens is 1. The van der Waals surface area contributed by atoms with E-state index >= 15 is 0 Å². The van der Waals surface area contributed by atoms with Crippen LogP contribution >= 0.6 is 0 Å². The zero-order chi connectivity index (χ0) is 10.0. The van der Waals surface area contributed by atoms with Crippen molar-refractivity contribution in [2.75, 3.05) is 5.73 Å². The molecule has 0 spiro atoms. The molecular weight excluding hydrogens is 176 g/mol. The highest BCUT2D eigenvalue weighted by Crippen LogP contribution is 2.13. The second-order valence-corrected chi connectivity index (χ2v) is 2.44. The molecule has 0 amide bonds. The number of benzene rings is 1. The number of carboxylic acid groups (broad SMARTS) is 1. The third-order valence-corrected chi connectivity index (χ3v) is 1.44. The van der Waals surface area contributed by atoms with Gasteiger partial charge in [-0.05, 0) is 6.07 Å². The maximum atomic E-state index is 10.5. The molecule has 1 rings (SSSR count). The van der Waals surface area contributed by atoms with Gasteiger partial charge in [-0.25, -0.2) is 4.79 Å². The van der Waals surface area contributed by atoms with Crippen LogP contribution in [0.5, 0.6) is 0 Å². The molecule has 0 saturated heterocycles. The molecule has 0 atom stereocenters. The van der Waals surface area contributed by atoms with Gasteiger partial charge in [0.2, 0.25) is 0 Å². The van der Waals surface area contributed by atoms with Crippen molar-refractivity contribution >= 4 is 17.3 Å². The molecule has 70 valence electrons. The van der Waals surface area contributed by atoms with Crippen molar-refractivity contribution in [3.63, 3.8) is 0 Å². The van der Waals surface area contributed by atoms with Crippen molar-refractivity contribution in [1.29, 1.82) is 0 Å². The molecule has 0 aliphatic rings. The average Bonchev–Trinajstić information content (AvgIpc) is 2.03. The Morgan fingerprint density at radius 1 is 1.38 bits per heavy atom. The third kappa shape index (κ3) is 2.15. The number of carbonyl (C=O) groups is 1. The summed E-state index contributed by atoms with van der Waals surface area (Å²) in [5.41, 5.74) is 4.96. The van der Waals surface area contributed by atoms with Crippen LogP contribution in [-0.2, 0) is 0 Å². The minimum absolute atomic E-state index is 0.0825. The second kappa shape index (κ2) is 3.40. The summed E-state index contributed by atoms with van der Waals surface area (Å²) in [6, 6.07) is 3.31. The normalized spacial score (nSPS) is 10.4. The summed E-state index contributed by atoms with van der Waals surface area (Å²) in [6.07, 6.45) is 0. The lowest BCUT2D eigenvalue weighted by Crippen LogP contribution is -2.96. The summed E-state index contributed by atoms with van der Waals surface area (Å²) in [6.45, 7) is 0. The molecule has 0 bridgehead atoms. The molecule has 6 heteroatoms. The Morgan fingerprint density at radius 3 is 2.46 bits per heavy atom. The molecule has 0 aliphatic heterocycles. The van der Waals surface area contributed by atoms with Gasteiger partial charge in [-0.2, -0.15) is 0 Å². The summed E-state index contributed by atoms with van der Waals surface area (Å²) in [5.74, 6) is -1.23. The van der Waals surface area contributed by atoms with Gasteiger partial charge in [-0.1, -0.05) is 0 Å². The Morgan fingerprint density at radius 2 is 2.00 bits per heavy atom. The van der Waals surface area contributed by atoms with Crippen molar-refractivity contribution in [3.8, 4) is 0 Å². The van der Waals surface area contributed by atoms with Gasteiger partial charge in [0.15, 0.2) is 0 Å². The maximum absolute atomic E-state index is 10.5. The fourth-order valence-corrected chi connectivity index (χ4v) is 0.893. The lowest BCUT2D eigenvalue weighted by atomic mass is 10.2. The van der Waals surface area contributed by atoms with Crippen LogP contribution in [0.1, 0.15) is 10.4 Å². The van der Waals surface area contributed by atoms with Crippen LogP contribution in [0.15, 0.2) is 18.2 Å². The first-order valence-corrected chi connectivity index (χ1v) is 3.36. The average molecular weight is 183 g/mol. The highest BCUT2D eigenvalue weighted by Gasteiger charge is 2.06. The minimum atomic E-state index is -1.45. The number of anilines is 1. The van der Waals surface area contributed by atoms with E-state index in [2.05, 4.69) is 0 Å². The van der Waals surface area contributed by atoms with Gasteiger partial charge in [0.05, 0.1) is 5.56 Å². The quantitative estimate of drug-likeness (QED) is 0.421. The minimum Gasteiger partial charge on any atom is -0.628 e. The summed E-state index contributed by atoms with van der Waals surface area (Å²) in [5, 5.41) is 27.8. The fourth-order valence-electron chi connectivity index (χ4n) is 0.893. The topological polar surface area (TPSA) is 114 Å². The molecular formula is C7H7N2O4-. The van der Waals surface area contributed by atoms with E-state index in [1.807, 2.05) is 0 Å². The number of aromatic carboxylic acids is 1. The Hall–Kier alpha value is -1.63. The van der Waals surface area contributed by atoms with Gasteiger partial charge in [0.25, 0.3) is 0 Å². The Kier molecular flexibility index (Phi) is 2.47. The largest absolute Gasteiger partial charge is 0.628 e. The van der Waals surface area contributed by atoms with Gasteiger partial charge in [0, 0.05) is 17.8 Å². The Bertz CT molecular complexity index is 337. The van der Waals surface area contributed by atoms with Crippen LogP contribution in [0, 0.1) is 10.4 Å². The molecule has 0 radical (unpaired) electrons. The predicted molar refractivity (Wildman–Crippen MR) is 45.2 cm³/mol. The number of hydrogen-bond acceptors (Lipinski definition) is 4. The van der Waals surface area contributed by atoms with E-state index in [4.69, 9.17) is 10.8 Å². The second-order valence-electron chi connectivity index (χ2n) is 2.44.